The van der Waals surface area contributed by atoms with Gasteiger partial charge in [0.2, 0.25) is 5.91 Å². The van der Waals surface area contributed by atoms with E-state index in [1.165, 1.54) is 6.07 Å². The average molecular weight is 339 g/mol. The van der Waals surface area contributed by atoms with E-state index in [2.05, 4.69) is 15.3 Å². The van der Waals surface area contributed by atoms with Crippen LogP contribution in [-0.4, -0.2) is 15.9 Å². The van der Waals surface area contributed by atoms with Gasteiger partial charge in [-0.05, 0) is 37.1 Å². The zero-order valence-electron chi connectivity index (χ0n) is 13.6. The molecule has 1 amide bonds. The maximum Gasteiger partial charge on any atom is 0.223 e. The Morgan fingerprint density at radius 2 is 2.20 bits per heavy atom. The molecule has 6 heteroatoms. The van der Waals surface area contributed by atoms with Crippen molar-refractivity contribution in [1.82, 2.24) is 15.3 Å². The standard InChI is InChI=1S/C19H18FN3O2/c20-16-8-13-7-15(10-22-19(24)12-4-5-12)23-17(13)9-18(16)25-11-14-3-1-2-6-21-14/h1-3,6-9,12,23H,4-5,10-11H2,(H,22,24). The van der Waals surface area contributed by atoms with Crippen molar-refractivity contribution in [3.05, 3.63) is 59.8 Å². The molecule has 25 heavy (non-hydrogen) atoms. The minimum absolute atomic E-state index is 0.0872. The molecule has 2 heterocycles. The fraction of sp³-hybridized carbons (Fsp3) is 0.263. The smallest absolute Gasteiger partial charge is 0.223 e. The summed E-state index contributed by atoms with van der Waals surface area (Å²) in [4.78, 5) is 19.1. The normalized spacial score (nSPS) is 13.8. The van der Waals surface area contributed by atoms with Gasteiger partial charge in [-0.3, -0.25) is 9.78 Å². The Bertz CT molecular complexity index is 904. The molecule has 0 radical (unpaired) electrons. The highest BCUT2D eigenvalue weighted by molar-refractivity contribution is 5.83. The summed E-state index contributed by atoms with van der Waals surface area (Å²) in [6.45, 7) is 0.615. The van der Waals surface area contributed by atoms with Gasteiger partial charge in [0.25, 0.3) is 0 Å². The van der Waals surface area contributed by atoms with E-state index in [1.54, 1.807) is 12.3 Å². The fourth-order valence-electron chi connectivity index (χ4n) is 2.71. The maximum absolute atomic E-state index is 14.2. The van der Waals surface area contributed by atoms with Crippen molar-refractivity contribution in [2.24, 2.45) is 5.92 Å². The van der Waals surface area contributed by atoms with Gasteiger partial charge in [-0.2, -0.15) is 0 Å². The molecule has 5 nitrogen and oxygen atoms in total. The van der Waals surface area contributed by atoms with Gasteiger partial charge in [0, 0.05) is 34.8 Å². The monoisotopic (exact) mass is 339 g/mol. The highest BCUT2D eigenvalue weighted by Crippen LogP contribution is 2.29. The molecule has 1 aromatic carbocycles. The maximum atomic E-state index is 14.2. The third-order valence-electron chi connectivity index (χ3n) is 4.23. The molecule has 1 fully saturated rings. The SMILES string of the molecule is O=C(NCc1cc2cc(F)c(OCc3ccccn3)cc2[nH]1)C1CC1. The van der Waals surface area contributed by atoms with Crippen molar-refractivity contribution < 1.29 is 13.9 Å². The zero-order valence-corrected chi connectivity index (χ0v) is 13.6. The molecule has 1 aliphatic carbocycles. The van der Waals surface area contributed by atoms with Crippen molar-refractivity contribution in [2.45, 2.75) is 26.0 Å². The summed E-state index contributed by atoms with van der Waals surface area (Å²) in [6, 6.07) is 10.4. The van der Waals surface area contributed by atoms with Gasteiger partial charge in [-0.15, -0.1) is 0 Å². The lowest BCUT2D eigenvalue weighted by molar-refractivity contribution is -0.122. The van der Waals surface area contributed by atoms with E-state index >= 15 is 0 Å². The summed E-state index contributed by atoms with van der Waals surface area (Å²) < 4.78 is 19.8. The van der Waals surface area contributed by atoms with Crippen LogP contribution in [-0.2, 0) is 17.9 Å². The Hall–Kier alpha value is -2.89. The summed E-state index contributed by atoms with van der Waals surface area (Å²) in [5, 5.41) is 3.64. The first-order chi connectivity index (χ1) is 12.2. The van der Waals surface area contributed by atoms with Gasteiger partial charge < -0.3 is 15.0 Å². The molecule has 1 aliphatic rings. The van der Waals surface area contributed by atoms with Crippen LogP contribution in [0.15, 0.2) is 42.6 Å². The van der Waals surface area contributed by atoms with Gasteiger partial charge >= 0.3 is 0 Å². The van der Waals surface area contributed by atoms with E-state index in [9.17, 15) is 9.18 Å². The summed E-state index contributed by atoms with van der Waals surface area (Å²) in [5.74, 6) is 0.0159. The Kier molecular flexibility index (Phi) is 4.09. The van der Waals surface area contributed by atoms with Crippen molar-refractivity contribution in [2.75, 3.05) is 0 Å². The number of hydrogen-bond donors (Lipinski definition) is 2. The molecule has 0 bridgehead atoms. The van der Waals surface area contributed by atoms with Crippen molar-refractivity contribution in [3.8, 4) is 5.75 Å². The summed E-state index contributed by atoms with van der Waals surface area (Å²) in [7, 11) is 0. The number of aromatic amines is 1. The molecule has 4 rings (SSSR count). The average Bonchev–Trinajstić information content (AvgIpc) is 3.40. The first-order valence-corrected chi connectivity index (χ1v) is 8.30. The molecular formula is C19H18FN3O2. The van der Waals surface area contributed by atoms with Crippen LogP contribution in [0.5, 0.6) is 5.75 Å². The lowest BCUT2D eigenvalue weighted by Crippen LogP contribution is -2.24. The van der Waals surface area contributed by atoms with Gasteiger partial charge in [0.1, 0.15) is 6.61 Å². The number of aromatic nitrogens is 2. The van der Waals surface area contributed by atoms with E-state index in [-0.39, 0.29) is 24.2 Å². The number of rotatable bonds is 6. The van der Waals surface area contributed by atoms with Crippen LogP contribution in [0, 0.1) is 11.7 Å². The minimum atomic E-state index is -0.420. The molecule has 0 unspecified atom stereocenters. The summed E-state index contributed by atoms with van der Waals surface area (Å²) in [5.41, 5.74) is 2.34. The molecule has 2 N–H and O–H groups in total. The number of fused-ring (bicyclic) bond motifs is 1. The number of carbonyl (C=O) groups excluding carboxylic acids is 1. The van der Waals surface area contributed by atoms with Crippen molar-refractivity contribution >= 4 is 16.8 Å². The highest BCUT2D eigenvalue weighted by atomic mass is 19.1. The second-order valence-corrected chi connectivity index (χ2v) is 6.27. The van der Waals surface area contributed by atoms with E-state index in [0.29, 0.717) is 6.54 Å². The van der Waals surface area contributed by atoms with E-state index < -0.39 is 5.82 Å². The largest absolute Gasteiger partial charge is 0.484 e. The fourth-order valence-corrected chi connectivity index (χ4v) is 2.71. The topological polar surface area (TPSA) is 67.0 Å². The molecule has 0 atom stereocenters. The Morgan fingerprint density at radius 1 is 1.32 bits per heavy atom. The number of carbonyl (C=O) groups is 1. The van der Waals surface area contributed by atoms with Crippen LogP contribution < -0.4 is 10.1 Å². The number of pyridine rings is 1. The van der Waals surface area contributed by atoms with Gasteiger partial charge in [0.15, 0.2) is 11.6 Å². The van der Waals surface area contributed by atoms with Crippen LogP contribution in [0.25, 0.3) is 10.9 Å². The highest BCUT2D eigenvalue weighted by Gasteiger charge is 2.29. The van der Waals surface area contributed by atoms with Crippen LogP contribution in [0.3, 0.4) is 0 Å². The van der Waals surface area contributed by atoms with Crippen LogP contribution >= 0.6 is 0 Å². The predicted molar refractivity (Wildman–Crippen MR) is 91.4 cm³/mol. The number of H-pyrrole nitrogens is 1. The second-order valence-electron chi connectivity index (χ2n) is 6.27. The number of halogens is 1. The molecule has 0 saturated heterocycles. The third-order valence-corrected chi connectivity index (χ3v) is 4.23. The first kappa shape index (κ1) is 15.6. The van der Waals surface area contributed by atoms with Gasteiger partial charge in [0.05, 0.1) is 12.2 Å². The number of benzene rings is 1. The molecule has 2 aromatic heterocycles. The van der Waals surface area contributed by atoms with Crippen LogP contribution in [0.2, 0.25) is 0 Å². The molecule has 3 aromatic rings. The Morgan fingerprint density at radius 3 is 2.96 bits per heavy atom. The number of ether oxygens (including phenoxy) is 1. The number of hydrogen-bond acceptors (Lipinski definition) is 3. The van der Waals surface area contributed by atoms with Gasteiger partial charge in [-0.1, -0.05) is 6.07 Å². The number of amides is 1. The first-order valence-electron chi connectivity index (χ1n) is 8.30. The molecule has 0 spiro atoms. The molecule has 128 valence electrons. The quantitative estimate of drug-likeness (QED) is 0.724. The lowest BCUT2D eigenvalue weighted by Gasteiger charge is -2.07. The molecule has 0 aliphatic heterocycles. The van der Waals surface area contributed by atoms with Crippen molar-refractivity contribution in [3.63, 3.8) is 0 Å². The number of nitrogens with zero attached hydrogens (tertiary/aromatic N) is 1. The van der Waals surface area contributed by atoms with Gasteiger partial charge in [-0.25, -0.2) is 4.39 Å². The lowest BCUT2D eigenvalue weighted by atomic mass is 10.2. The Balaban J connectivity index is 1.47. The van der Waals surface area contributed by atoms with E-state index in [1.807, 2.05) is 24.3 Å². The molecular weight excluding hydrogens is 321 g/mol. The predicted octanol–water partition coefficient (Wildman–Crippen LogP) is 3.31. The number of nitrogens with one attached hydrogen (secondary N) is 2. The second kappa shape index (κ2) is 6.55. The molecule has 1 saturated carbocycles. The minimum Gasteiger partial charge on any atom is -0.484 e. The van der Waals surface area contributed by atoms with Crippen molar-refractivity contribution in [1.29, 1.82) is 0 Å². The van der Waals surface area contributed by atoms with Crippen LogP contribution in [0.4, 0.5) is 4.39 Å². The zero-order chi connectivity index (χ0) is 17.2. The summed E-state index contributed by atoms with van der Waals surface area (Å²) >= 11 is 0. The Labute approximate surface area is 144 Å². The van der Waals surface area contributed by atoms with Crippen LogP contribution in [0.1, 0.15) is 24.2 Å². The van der Waals surface area contributed by atoms with E-state index in [4.69, 9.17) is 4.74 Å². The van der Waals surface area contributed by atoms with E-state index in [0.717, 1.165) is 35.1 Å². The third kappa shape index (κ3) is 3.63. The summed E-state index contributed by atoms with van der Waals surface area (Å²) in [6.07, 6.45) is 3.62.